The Morgan fingerprint density at radius 2 is 1.96 bits per heavy atom. The van der Waals surface area contributed by atoms with Crippen LogP contribution in [0, 0.1) is 0 Å². The van der Waals surface area contributed by atoms with Gasteiger partial charge in [-0.25, -0.2) is 0 Å². The first-order valence-corrected chi connectivity index (χ1v) is 9.48. The Morgan fingerprint density at radius 1 is 1.24 bits per heavy atom. The molecule has 1 saturated carbocycles. The predicted molar refractivity (Wildman–Crippen MR) is 104 cm³/mol. The summed E-state index contributed by atoms with van der Waals surface area (Å²) >= 11 is 0. The molecule has 25 heavy (non-hydrogen) atoms. The van der Waals surface area contributed by atoms with E-state index in [0.717, 1.165) is 31.6 Å². The molecule has 1 aliphatic rings. The Kier molecular flexibility index (Phi) is 8.29. The predicted octanol–water partition coefficient (Wildman–Crippen LogP) is 2.62. The molecule has 1 atom stereocenters. The van der Waals surface area contributed by atoms with Crippen molar-refractivity contribution in [1.29, 1.82) is 0 Å². The Hall–Kier alpha value is -2.04. The van der Waals surface area contributed by atoms with E-state index in [0.29, 0.717) is 25.0 Å². The molecule has 1 aromatic rings. The Bertz CT molecular complexity index is 538. The second kappa shape index (κ2) is 10.7. The number of amides is 1. The fourth-order valence-corrected chi connectivity index (χ4v) is 3.19. The van der Waals surface area contributed by atoms with Crippen LogP contribution >= 0.6 is 0 Å². The monoisotopic (exact) mass is 344 g/mol. The molecule has 5 heteroatoms. The molecular weight excluding hydrogens is 312 g/mol. The van der Waals surface area contributed by atoms with Crippen LogP contribution in [0.5, 0.6) is 0 Å². The van der Waals surface area contributed by atoms with Crippen LogP contribution in [0.1, 0.15) is 51.0 Å². The van der Waals surface area contributed by atoms with E-state index in [1.165, 1.54) is 18.4 Å². The van der Waals surface area contributed by atoms with E-state index in [2.05, 4.69) is 52.1 Å². The highest BCUT2D eigenvalue weighted by atomic mass is 16.1. The first-order valence-electron chi connectivity index (χ1n) is 9.48. The minimum Gasteiger partial charge on any atom is -0.356 e. The van der Waals surface area contributed by atoms with Crippen molar-refractivity contribution in [3.8, 4) is 0 Å². The highest BCUT2D eigenvalue weighted by Crippen LogP contribution is 2.17. The SMILES string of the molecule is CN=C(NCCC(=O)NC1CCCC1)NC(C)CCc1ccccc1. The van der Waals surface area contributed by atoms with E-state index in [-0.39, 0.29) is 5.91 Å². The van der Waals surface area contributed by atoms with Crippen molar-refractivity contribution in [3.63, 3.8) is 0 Å². The van der Waals surface area contributed by atoms with Gasteiger partial charge in [-0.3, -0.25) is 9.79 Å². The van der Waals surface area contributed by atoms with E-state index in [4.69, 9.17) is 0 Å². The molecule has 0 heterocycles. The molecular formula is C20H32N4O. The topological polar surface area (TPSA) is 65.5 Å². The lowest BCUT2D eigenvalue weighted by molar-refractivity contribution is -0.121. The normalized spacial score (nSPS) is 16.5. The van der Waals surface area contributed by atoms with Crippen LogP contribution in [0.4, 0.5) is 0 Å². The van der Waals surface area contributed by atoms with Crippen LogP contribution < -0.4 is 16.0 Å². The largest absolute Gasteiger partial charge is 0.356 e. The van der Waals surface area contributed by atoms with E-state index in [9.17, 15) is 4.79 Å². The van der Waals surface area contributed by atoms with Crippen molar-refractivity contribution in [2.45, 2.75) is 64.0 Å². The van der Waals surface area contributed by atoms with Crippen LogP contribution in [-0.2, 0) is 11.2 Å². The molecule has 0 aliphatic heterocycles. The van der Waals surface area contributed by atoms with Crippen LogP contribution in [0.3, 0.4) is 0 Å². The summed E-state index contributed by atoms with van der Waals surface area (Å²) < 4.78 is 0. The lowest BCUT2D eigenvalue weighted by Gasteiger charge is -2.18. The summed E-state index contributed by atoms with van der Waals surface area (Å²) in [5, 5.41) is 9.73. The number of benzene rings is 1. The van der Waals surface area contributed by atoms with Gasteiger partial charge in [-0.05, 0) is 38.2 Å². The molecule has 3 N–H and O–H groups in total. The molecule has 2 rings (SSSR count). The third-order valence-corrected chi connectivity index (χ3v) is 4.68. The Labute approximate surface area is 151 Å². The van der Waals surface area contributed by atoms with Gasteiger partial charge in [0, 0.05) is 32.1 Å². The van der Waals surface area contributed by atoms with Gasteiger partial charge in [-0.15, -0.1) is 0 Å². The number of nitrogens with zero attached hydrogens (tertiary/aromatic N) is 1. The smallest absolute Gasteiger partial charge is 0.221 e. The summed E-state index contributed by atoms with van der Waals surface area (Å²) in [4.78, 5) is 16.2. The van der Waals surface area contributed by atoms with Gasteiger partial charge in [0.25, 0.3) is 0 Å². The molecule has 1 fully saturated rings. The molecule has 0 aromatic heterocycles. The van der Waals surface area contributed by atoms with Gasteiger partial charge in [0.15, 0.2) is 5.96 Å². The highest BCUT2D eigenvalue weighted by molar-refractivity contribution is 5.81. The number of aryl methyl sites for hydroxylation is 1. The lowest BCUT2D eigenvalue weighted by atomic mass is 10.1. The summed E-state index contributed by atoms with van der Waals surface area (Å²) in [6.45, 7) is 2.76. The highest BCUT2D eigenvalue weighted by Gasteiger charge is 2.16. The molecule has 1 unspecified atom stereocenters. The minimum atomic E-state index is 0.131. The zero-order valence-electron chi connectivity index (χ0n) is 15.6. The second-order valence-corrected chi connectivity index (χ2v) is 6.87. The number of hydrogen-bond acceptors (Lipinski definition) is 2. The average molecular weight is 345 g/mol. The summed E-state index contributed by atoms with van der Waals surface area (Å²) in [7, 11) is 1.76. The lowest BCUT2D eigenvalue weighted by Crippen LogP contribution is -2.44. The van der Waals surface area contributed by atoms with Gasteiger partial charge in [-0.2, -0.15) is 0 Å². The summed E-state index contributed by atoms with van der Waals surface area (Å²) in [6, 6.07) is 11.2. The molecule has 0 spiro atoms. The van der Waals surface area contributed by atoms with Gasteiger partial charge in [0.1, 0.15) is 0 Å². The molecule has 1 amide bonds. The van der Waals surface area contributed by atoms with Crippen molar-refractivity contribution >= 4 is 11.9 Å². The van der Waals surface area contributed by atoms with Crippen LogP contribution in [0.15, 0.2) is 35.3 Å². The molecule has 0 bridgehead atoms. The van der Waals surface area contributed by atoms with E-state index in [1.54, 1.807) is 7.05 Å². The van der Waals surface area contributed by atoms with Crippen LogP contribution in [0.2, 0.25) is 0 Å². The van der Waals surface area contributed by atoms with Crippen LogP contribution in [-0.4, -0.2) is 37.5 Å². The van der Waals surface area contributed by atoms with Crippen molar-refractivity contribution in [3.05, 3.63) is 35.9 Å². The molecule has 5 nitrogen and oxygen atoms in total. The second-order valence-electron chi connectivity index (χ2n) is 6.87. The molecule has 0 radical (unpaired) electrons. The zero-order valence-corrected chi connectivity index (χ0v) is 15.6. The van der Waals surface area contributed by atoms with Crippen molar-refractivity contribution in [2.24, 2.45) is 4.99 Å². The van der Waals surface area contributed by atoms with Gasteiger partial charge in [-0.1, -0.05) is 43.2 Å². The fraction of sp³-hybridized carbons (Fsp3) is 0.600. The standard InChI is InChI=1S/C20H32N4O/c1-16(12-13-17-8-4-3-5-9-17)23-20(21-2)22-15-14-19(25)24-18-10-6-7-11-18/h3-5,8-9,16,18H,6-7,10-15H2,1-2H3,(H,24,25)(H2,21,22,23). The molecule has 138 valence electrons. The van der Waals surface area contributed by atoms with Gasteiger partial charge in [0.05, 0.1) is 0 Å². The van der Waals surface area contributed by atoms with Gasteiger partial charge in [0.2, 0.25) is 5.91 Å². The number of hydrogen-bond donors (Lipinski definition) is 3. The van der Waals surface area contributed by atoms with E-state index in [1.807, 2.05) is 6.07 Å². The Morgan fingerprint density at radius 3 is 2.64 bits per heavy atom. The van der Waals surface area contributed by atoms with Crippen molar-refractivity contribution in [1.82, 2.24) is 16.0 Å². The average Bonchev–Trinajstić information content (AvgIpc) is 3.13. The summed E-state index contributed by atoms with van der Waals surface area (Å²) in [6.07, 6.45) is 7.28. The van der Waals surface area contributed by atoms with Crippen molar-refractivity contribution < 1.29 is 4.79 Å². The number of rotatable bonds is 8. The number of nitrogens with one attached hydrogen (secondary N) is 3. The van der Waals surface area contributed by atoms with Crippen molar-refractivity contribution in [2.75, 3.05) is 13.6 Å². The Balaban J connectivity index is 1.61. The van der Waals surface area contributed by atoms with Crippen LogP contribution in [0.25, 0.3) is 0 Å². The molecule has 1 aromatic carbocycles. The first-order chi connectivity index (χ1) is 12.2. The van der Waals surface area contributed by atoms with Gasteiger partial charge >= 0.3 is 0 Å². The summed E-state index contributed by atoms with van der Waals surface area (Å²) in [5.74, 6) is 0.890. The third-order valence-electron chi connectivity index (χ3n) is 4.68. The maximum Gasteiger partial charge on any atom is 0.221 e. The quantitative estimate of drug-likeness (QED) is 0.502. The van der Waals surface area contributed by atoms with E-state index >= 15 is 0 Å². The maximum atomic E-state index is 11.9. The number of carbonyl (C=O) groups is 1. The van der Waals surface area contributed by atoms with E-state index < -0.39 is 0 Å². The zero-order chi connectivity index (χ0) is 17.9. The number of guanidine groups is 1. The molecule has 0 saturated heterocycles. The number of carbonyl (C=O) groups excluding carboxylic acids is 1. The fourth-order valence-electron chi connectivity index (χ4n) is 3.19. The maximum absolute atomic E-state index is 11.9. The molecule has 1 aliphatic carbocycles. The number of aliphatic imine (C=N–C) groups is 1. The van der Waals surface area contributed by atoms with Gasteiger partial charge < -0.3 is 16.0 Å². The third kappa shape index (κ3) is 7.59. The minimum absolute atomic E-state index is 0.131. The first kappa shape index (κ1) is 19.3. The summed E-state index contributed by atoms with van der Waals surface area (Å²) in [5.41, 5.74) is 1.35.